The van der Waals surface area contributed by atoms with E-state index >= 15 is 0 Å². The van der Waals surface area contributed by atoms with E-state index in [0.717, 1.165) is 16.8 Å². The van der Waals surface area contributed by atoms with Gasteiger partial charge in [-0.2, -0.15) is 0 Å². The zero-order valence-corrected chi connectivity index (χ0v) is 14.0. The van der Waals surface area contributed by atoms with Gasteiger partial charge in [0.2, 0.25) is 11.8 Å². The molecule has 1 aliphatic rings. The zero-order valence-electron chi connectivity index (χ0n) is 14.0. The Bertz CT molecular complexity index is 725. The van der Waals surface area contributed by atoms with Crippen LogP contribution < -0.4 is 5.32 Å². The highest BCUT2D eigenvalue weighted by molar-refractivity contribution is 5.94. The fraction of sp³-hybridized carbons (Fsp3) is 0.300. The maximum atomic E-state index is 12.8. The van der Waals surface area contributed by atoms with Crippen molar-refractivity contribution >= 4 is 17.5 Å². The molecule has 1 N–H and O–H groups in total. The van der Waals surface area contributed by atoms with Gasteiger partial charge in [0.1, 0.15) is 0 Å². The third kappa shape index (κ3) is 3.32. The number of amides is 2. The minimum atomic E-state index is -0.254. The molecule has 4 heteroatoms. The van der Waals surface area contributed by atoms with Gasteiger partial charge in [-0.05, 0) is 31.0 Å². The molecule has 0 unspecified atom stereocenters. The first-order chi connectivity index (χ1) is 11.6. The number of carbonyl (C=O) groups excluding carboxylic acids is 2. The molecule has 0 radical (unpaired) electrons. The molecule has 0 aromatic heterocycles. The number of likely N-dealkylation sites (tertiary alicyclic amines) is 1. The topological polar surface area (TPSA) is 49.4 Å². The van der Waals surface area contributed by atoms with Crippen LogP contribution in [0.1, 0.15) is 30.0 Å². The third-order valence-corrected chi connectivity index (χ3v) is 4.66. The molecule has 2 aromatic rings. The predicted octanol–water partition coefficient (Wildman–Crippen LogP) is 3.54. The second kappa shape index (κ2) is 6.87. The zero-order chi connectivity index (χ0) is 17.1. The number of rotatable bonds is 3. The smallest absolute Gasteiger partial charge is 0.229 e. The second-order valence-corrected chi connectivity index (χ2v) is 6.36. The highest BCUT2D eigenvalue weighted by Crippen LogP contribution is 2.36. The average molecular weight is 322 g/mol. The lowest BCUT2D eigenvalue weighted by molar-refractivity contribution is -0.140. The molecule has 4 nitrogen and oxygen atoms in total. The molecule has 0 bridgehead atoms. The highest BCUT2D eigenvalue weighted by atomic mass is 16.2. The van der Waals surface area contributed by atoms with E-state index in [2.05, 4.69) is 5.32 Å². The number of para-hydroxylation sites is 1. The molecule has 1 saturated heterocycles. The number of nitrogens with one attached hydrogen (secondary N) is 1. The van der Waals surface area contributed by atoms with E-state index < -0.39 is 0 Å². The van der Waals surface area contributed by atoms with Gasteiger partial charge in [-0.15, -0.1) is 0 Å². The number of anilines is 1. The van der Waals surface area contributed by atoms with Crippen molar-refractivity contribution in [2.24, 2.45) is 5.92 Å². The fourth-order valence-electron chi connectivity index (χ4n) is 3.29. The molecule has 3 rings (SSSR count). The van der Waals surface area contributed by atoms with Crippen LogP contribution in [0.2, 0.25) is 0 Å². The largest absolute Gasteiger partial charge is 0.338 e. The monoisotopic (exact) mass is 322 g/mol. The van der Waals surface area contributed by atoms with E-state index in [-0.39, 0.29) is 23.8 Å². The molecule has 0 spiro atoms. The van der Waals surface area contributed by atoms with Crippen LogP contribution in [0.4, 0.5) is 5.69 Å². The van der Waals surface area contributed by atoms with E-state index in [9.17, 15) is 9.59 Å². The first kappa shape index (κ1) is 16.2. The van der Waals surface area contributed by atoms with Gasteiger partial charge in [-0.1, -0.05) is 48.0 Å². The van der Waals surface area contributed by atoms with Crippen molar-refractivity contribution in [2.75, 3.05) is 12.4 Å². The normalized spacial score (nSPS) is 20.8. The molecule has 124 valence electrons. The van der Waals surface area contributed by atoms with Gasteiger partial charge in [0.25, 0.3) is 0 Å². The number of aryl methyl sites for hydroxylation is 1. The SMILES string of the molecule is Cc1ccc([C@H]2[C@@H](C(=O)Nc3ccccc3)CCC(=O)N2C)cc1. The summed E-state index contributed by atoms with van der Waals surface area (Å²) in [5.74, 6) is -0.203. The Morgan fingerprint density at radius 3 is 2.42 bits per heavy atom. The summed E-state index contributed by atoms with van der Waals surface area (Å²) in [6.45, 7) is 2.03. The van der Waals surface area contributed by atoms with Gasteiger partial charge in [0.15, 0.2) is 0 Å². The van der Waals surface area contributed by atoms with E-state index in [1.807, 2.05) is 61.5 Å². The number of benzene rings is 2. The van der Waals surface area contributed by atoms with Gasteiger partial charge < -0.3 is 10.2 Å². The minimum absolute atomic E-state index is 0.0360. The van der Waals surface area contributed by atoms with E-state index in [1.165, 1.54) is 0 Å². The standard InChI is InChI=1S/C20H22N2O2/c1-14-8-10-15(11-9-14)19-17(12-13-18(23)22(19)2)20(24)21-16-6-4-3-5-7-16/h3-11,17,19H,12-13H2,1-2H3,(H,21,24)/t17-,19-/m0/s1. The lowest BCUT2D eigenvalue weighted by Gasteiger charge is -2.38. The summed E-state index contributed by atoms with van der Waals surface area (Å²) in [4.78, 5) is 26.7. The summed E-state index contributed by atoms with van der Waals surface area (Å²) in [6, 6.07) is 17.3. The quantitative estimate of drug-likeness (QED) is 0.939. The lowest BCUT2D eigenvalue weighted by atomic mass is 9.83. The fourth-order valence-corrected chi connectivity index (χ4v) is 3.29. The number of piperidine rings is 1. The van der Waals surface area contributed by atoms with Crippen LogP contribution in [0.25, 0.3) is 0 Å². The third-order valence-electron chi connectivity index (χ3n) is 4.66. The van der Waals surface area contributed by atoms with Crippen LogP contribution in [-0.2, 0) is 9.59 Å². The van der Waals surface area contributed by atoms with Crippen molar-refractivity contribution in [1.29, 1.82) is 0 Å². The van der Waals surface area contributed by atoms with Gasteiger partial charge in [0, 0.05) is 19.2 Å². The Kier molecular flexibility index (Phi) is 4.65. The lowest BCUT2D eigenvalue weighted by Crippen LogP contribution is -2.44. The summed E-state index contributed by atoms with van der Waals surface area (Å²) in [7, 11) is 1.79. The summed E-state index contributed by atoms with van der Waals surface area (Å²) in [5, 5.41) is 2.98. The molecule has 1 aliphatic heterocycles. The Labute approximate surface area is 142 Å². The van der Waals surface area contributed by atoms with Gasteiger partial charge in [0.05, 0.1) is 12.0 Å². The molecular weight excluding hydrogens is 300 g/mol. The number of hydrogen-bond acceptors (Lipinski definition) is 2. The molecule has 1 heterocycles. The maximum absolute atomic E-state index is 12.8. The second-order valence-electron chi connectivity index (χ2n) is 6.36. The van der Waals surface area contributed by atoms with Crippen LogP contribution in [-0.4, -0.2) is 23.8 Å². The predicted molar refractivity (Wildman–Crippen MR) is 94.5 cm³/mol. The van der Waals surface area contributed by atoms with Crippen LogP contribution >= 0.6 is 0 Å². The van der Waals surface area contributed by atoms with E-state index in [1.54, 1.807) is 11.9 Å². The Morgan fingerprint density at radius 2 is 1.75 bits per heavy atom. The first-order valence-corrected chi connectivity index (χ1v) is 8.24. The first-order valence-electron chi connectivity index (χ1n) is 8.24. The summed E-state index contributed by atoms with van der Waals surface area (Å²) in [6.07, 6.45) is 0.978. The molecule has 24 heavy (non-hydrogen) atoms. The minimum Gasteiger partial charge on any atom is -0.338 e. The summed E-state index contributed by atoms with van der Waals surface area (Å²) < 4.78 is 0. The molecule has 2 aromatic carbocycles. The molecule has 1 fully saturated rings. The summed E-state index contributed by atoms with van der Waals surface area (Å²) >= 11 is 0. The molecule has 0 saturated carbocycles. The highest BCUT2D eigenvalue weighted by Gasteiger charge is 2.38. The number of carbonyl (C=O) groups is 2. The van der Waals surface area contributed by atoms with Crippen LogP contribution in [0.5, 0.6) is 0 Å². The van der Waals surface area contributed by atoms with Gasteiger partial charge >= 0.3 is 0 Å². The van der Waals surface area contributed by atoms with Crippen molar-refractivity contribution in [3.05, 3.63) is 65.7 Å². The number of hydrogen-bond donors (Lipinski definition) is 1. The van der Waals surface area contributed by atoms with Crippen molar-refractivity contribution in [2.45, 2.75) is 25.8 Å². The Hall–Kier alpha value is -2.62. The Morgan fingerprint density at radius 1 is 1.08 bits per heavy atom. The van der Waals surface area contributed by atoms with Gasteiger partial charge in [-0.25, -0.2) is 0 Å². The van der Waals surface area contributed by atoms with Crippen molar-refractivity contribution in [1.82, 2.24) is 4.90 Å². The Balaban J connectivity index is 1.87. The van der Waals surface area contributed by atoms with Crippen LogP contribution in [0.15, 0.2) is 54.6 Å². The maximum Gasteiger partial charge on any atom is 0.229 e. The van der Waals surface area contributed by atoms with E-state index in [0.29, 0.717) is 12.8 Å². The molecular formula is C20H22N2O2. The number of nitrogens with zero attached hydrogens (tertiary/aromatic N) is 1. The van der Waals surface area contributed by atoms with Crippen LogP contribution in [0.3, 0.4) is 0 Å². The van der Waals surface area contributed by atoms with Crippen molar-refractivity contribution in [3.63, 3.8) is 0 Å². The van der Waals surface area contributed by atoms with E-state index in [4.69, 9.17) is 0 Å². The van der Waals surface area contributed by atoms with Crippen molar-refractivity contribution < 1.29 is 9.59 Å². The molecule has 2 atom stereocenters. The van der Waals surface area contributed by atoms with Crippen molar-refractivity contribution in [3.8, 4) is 0 Å². The summed E-state index contributed by atoms with van der Waals surface area (Å²) in [5.41, 5.74) is 2.95. The van der Waals surface area contributed by atoms with Crippen LogP contribution in [0, 0.1) is 12.8 Å². The molecule has 0 aliphatic carbocycles. The van der Waals surface area contributed by atoms with Gasteiger partial charge in [-0.3, -0.25) is 9.59 Å². The molecule has 2 amide bonds. The average Bonchev–Trinajstić information content (AvgIpc) is 2.59.